The van der Waals surface area contributed by atoms with Crippen LogP contribution in [0.25, 0.3) is 0 Å². The van der Waals surface area contributed by atoms with Crippen LogP contribution in [-0.4, -0.2) is 44.7 Å². The van der Waals surface area contributed by atoms with E-state index in [1.165, 1.54) is 17.7 Å². The van der Waals surface area contributed by atoms with Gasteiger partial charge in [0.05, 0.1) is 26.7 Å². The van der Waals surface area contributed by atoms with Crippen LogP contribution in [0.2, 0.25) is 0 Å². The summed E-state index contributed by atoms with van der Waals surface area (Å²) in [5.41, 5.74) is 0.861. The number of thiophene rings is 1. The molecule has 0 aliphatic carbocycles. The van der Waals surface area contributed by atoms with Gasteiger partial charge in [-0.15, -0.1) is 11.3 Å². The van der Waals surface area contributed by atoms with Crippen LogP contribution in [0.5, 0.6) is 11.5 Å². The Balaban J connectivity index is 1.62. The quantitative estimate of drug-likeness (QED) is 0.771. The molecule has 3 rings (SSSR count). The molecule has 6 heteroatoms. The van der Waals surface area contributed by atoms with Crippen LogP contribution in [0.15, 0.2) is 35.7 Å². The van der Waals surface area contributed by atoms with Crippen LogP contribution in [0.1, 0.15) is 29.3 Å². The zero-order valence-electron chi connectivity index (χ0n) is 15.4. The van der Waals surface area contributed by atoms with Crippen molar-refractivity contribution in [3.63, 3.8) is 0 Å². The molecule has 1 aliphatic rings. The largest absolute Gasteiger partial charge is 0.497 e. The van der Waals surface area contributed by atoms with Gasteiger partial charge in [-0.2, -0.15) is 0 Å². The highest BCUT2D eigenvalue weighted by Crippen LogP contribution is 2.28. The van der Waals surface area contributed by atoms with Crippen molar-refractivity contribution in [3.8, 4) is 11.5 Å². The van der Waals surface area contributed by atoms with Gasteiger partial charge in [0, 0.05) is 23.1 Å². The number of likely N-dealkylation sites (tertiary alicyclic amines) is 1. The molecule has 1 aromatic carbocycles. The van der Waals surface area contributed by atoms with Gasteiger partial charge in [0.25, 0.3) is 0 Å². The number of amides is 1. The third-order valence-electron chi connectivity index (χ3n) is 4.79. The first-order valence-corrected chi connectivity index (χ1v) is 9.84. The second-order valence-electron chi connectivity index (χ2n) is 6.43. The van der Waals surface area contributed by atoms with Gasteiger partial charge in [-0.05, 0) is 43.4 Å². The Bertz CT molecular complexity index is 712. The van der Waals surface area contributed by atoms with Crippen molar-refractivity contribution in [1.29, 1.82) is 0 Å². The molecular weight excluding hydrogens is 348 g/mol. The molecule has 26 heavy (non-hydrogen) atoms. The average molecular weight is 375 g/mol. The molecule has 0 bridgehead atoms. The van der Waals surface area contributed by atoms with Gasteiger partial charge >= 0.3 is 0 Å². The van der Waals surface area contributed by atoms with E-state index in [9.17, 15) is 4.79 Å². The molecule has 5 nitrogen and oxygen atoms in total. The molecule has 1 aliphatic heterocycles. The first kappa shape index (κ1) is 18.7. The van der Waals surface area contributed by atoms with E-state index in [2.05, 4.69) is 27.7 Å². The molecule has 1 atom stereocenters. The maximum atomic E-state index is 12.5. The summed E-state index contributed by atoms with van der Waals surface area (Å²) in [7, 11) is 3.22. The van der Waals surface area contributed by atoms with Crippen molar-refractivity contribution >= 4 is 17.2 Å². The maximum Gasteiger partial charge on any atom is 0.224 e. The standard InChI is InChI=1S/C20H26N2O3S/c1-24-16-8-7-15(18(13-16)25-2)12-20(23)21-14-17(19-6-5-11-26-19)22-9-3-4-10-22/h5-8,11,13,17H,3-4,9-10,12,14H2,1-2H3,(H,21,23). The fourth-order valence-corrected chi connectivity index (χ4v) is 4.25. The number of hydrogen-bond donors (Lipinski definition) is 1. The van der Waals surface area contributed by atoms with Gasteiger partial charge in [0.15, 0.2) is 0 Å². The van der Waals surface area contributed by atoms with Crippen LogP contribution in [-0.2, 0) is 11.2 Å². The van der Waals surface area contributed by atoms with Gasteiger partial charge in [-0.1, -0.05) is 12.1 Å². The van der Waals surface area contributed by atoms with Crippen LogP contribution in [0, 0.1) is 0 Å². The van der Waals surface area contributed by atoms with Gasteiger partial charge < -0.3 is 14.8 Å². The molecule has 0 radical (unpaired) electrons. The Hall–Kier alpha value is -2.05. The second kappa shape index (κ2) is 9.05. The van der Waals surface area contributed by atoms with E-state index in [-0.39, 0.29) is 11.9 Å². The van der Waals surface area contributed by atoms with E-state index >= 15 is 0 Å². The summed E-state index contributed by atoms with van der Waals surface area (Å²) in [6.45, 7) is 2.84. The van der Waals surface area contributed by atoms with Gasteiger partial charge in [0.1, 0.15) is 11.5 Å². The normalized spacial score (nSPS) is 15.6. The van der Waals surface area contributed by atoms with Crippen molar-refractivity contribution < 1.29 is 14.3 Å². The number of methoxy groups -OCH3 is 2. The summed E-state index contributed by atoms with van der Waals surface area (Å²) < 4.78 is 10.6. The number of benzene rings is 1. The lowest BCUT2D eigenvalue weighted by molar-refractivity contribution is -0.120. The summed E-state index contributed by atoms with van der Waals surface area (Å²) >= 11 is 1.76. The highest BCUT2D eigenvalue weighted by molar-refractivity contribution is 7.10. The Morgan fingerprint density at radius 3 is 2.69 bits per heavy atom. The first-order chi connectivity index (χ1) is 12.7. The van der Waals surface area contributed by atoms with E-state index in [0.717, 1.165) is 24.4 Å². The molecule has 1 unspecified atom stereocenters. The Kier molecular flexibility index (Phi) is 6.52. The van der Waals surface area contributed by atoms with Crippen LogP contribution in [0.3, 0.4) is 0 Å². The molecule has 1 saturated heterocycles. The molecule has 1 amide bonds. The minimum atomic E-state index is 0.00854. The van der Waals surface area contributed by atoms with Gasteiger partial charge in [-0.3, -0.25) is 9.69 Å². The number of hydrogen-bond acceptors (Lipinski definition) is 5. The van der Waals surface area contributed by atoms with Crippen molar-refractivity contribution in [2.45, 2.75) is 25.3 Å². The molecule has 0 saturated carbocycles. The van der Waals surface area contributed by atoms with Crippen molar-refractivity contribution in [2.24, 2.45) is 0 Å². The summed E-state index contributed by atoms with van der Waals surface area (Å²) in [6.07, 6.45) is 2.77. The summed E-state index contributed by atoms with van der Waals surface area (Å²) in [5.74, 6) is 1.40. The van der Waals surface area contributed by atoms with E-state index in [1.54, 1.807) is 31.6 Å². The summed E-state index contributed by atoms with van der Waals surface area (Å²) in [4.78, 5) is 16.3. The van der Waals surface area contributed by atoms with Gasteiger partial charge in [-0.25, -0.2) is 0 Å². The van der Waals surface area contributed by atoms with Crippen molar-refractivity contribution in [2.75, 3.05) is 33.9 Å². The minimum absolute atomic E-state index is 0.00854. The monoisotopic (exact) mass is 374 g/mol. The third-order valence-corrected chi connectivity index (χ3v) is 5.76. The Morgan fingerprint density at radius 1 is 1.23 bits per heavy atom. The molecule has 1 N–H and O–H groups in total. The number of carbonyl (C=O) groups excluding carboxylic acids is 1. The predicted molar refractivity (Wildman–Crippen MR) is 104 cm³/mol. The zero-order chi connectivity index (χ0) is 18.4. The van der Waals surface area contributed by atoms with Crippen molar-refractivity contribution in [1.82, 2.24) is 10.2 Å². The lowest BCUT2D eigenvalue weighted by Crippen LogP contribution is -2.37. The molecule has 1 aromatic heterocycles. The SMILES string of the molecule is COc1ccc(CC(=O)NCC(c2cccs2)N2CCCC2)c(OC)c1. The summed E-state index contributed by atoms with van der Waals surface area (Å²) in [5, 5.41) is 5.22. The van der Waals surface area contributed by atoms with E-state index < -0.39 is 0 Å². The van der Waals surface area contributed by atoms with Crippen LogP contribution in [0.4, 0.5) is 0 Å². The first-order valence-electron chi connectivity index (χ1n) is 8.96. The summed E-state index contributed by atoms with van der Waals surface area (Å²) in [6, 6.07) is 10.0. The number of carbonyl (C=O) groups is 1. The number of rotatable bonds is 8. The van der Waals surface area contributed by atoms with Crippen molar-refractivity contribution in [3.05, 3.63) is 46.2 Å². The maximum absolute atomic E-state index is 12.5. The lowest BCUT2D eigenvalue weighted by atomic mass is 10.1. The van der Waals surface area contributed by atoms with E-state index in [1.807, 2.05) is 12.1 Å². The van der Waals surface area contributed by atoms with E-state index in [0.29, 0.717) is 18.7 Å². The van der Waals surface area contributed by atoms with Crippen LogP contribution < -0.4 is 14.8 Å². The molecule has 1 fully saturated rings. The predicted octanol–water partition coefficient (Wildman–Crippen LogP) is 3.26. The zero-order valence-corrected chi connectivity index (χ0v) is 16.2. The highest BCUT2D eigenvalue weighted by atomic mass is 32.1. The third kappa shape index (κ3) is 4.56. The Morgan fingerprint density at radius 2 is 2.04 bits per heavy atom. The number of ether oxygens (including phenoxy) is 2. The topological polar surface area (TPSA) is 50.8 Å². The highest BCUT2D eigenvalue weighted by Gasteiger charge is 2.24. The average Bonchev–Trinajstić information content (AvgIpc) is 3.37. The second-order valence-corrected chi connectivity index (χ2v) is 7.41. The molecule has 2 aromatic rings. The number of nitrogens with zero attached hydrogens (tertiary/aromatic N) is 1. The fraction of sp³-hybridized carbons (Fsp3) is 0.450. The lowest BCUT2D eigenvalue weighted by Gasteiger charge is -2.27. The van der Waals surface area contributed by atoms with Crippen LogP contribution >= 0.6 is 11.3 Å². The smallest absolute Gasteiger partial charge is 0.224 e. The van der Waals surface area contributed by atoms with Gasteiger partial charge in [0.2, 0.25) is 5.91 Å². The molecular formula is C20H26N2O3S. The van der Waals surface area contributed by atoms with E-state index in [4.69, 9.17) is 9.47 Å². The molecule has 140 valence electrons. The fourth-order valence-electron chi connectivity index (χ4n) is 3.39. The minimum Gasteiger partial charge on any atom is -0.497 e. The molecule has 2 heterocycles. The Labute approximate surface area is 158 Å². The number of nitrogens with one attached hydrogen (secondary N) is 1. The molecule has 0 spiro atoms.